The number of anilines is 2. The first-order valence-corrected chi connectivity index (χ1v) is 43.4. The third-order valence-electron chi connectivity index (χ3n) is 20.7. The molecule has 0 bridgehead atoms. The average Bonchev–Trinajstić information content (AvgIpc) is 0.819. The van der Waals surface area contributed by atoms with E-state index in [-0.39, 0.29) is 11.9 Å². The van der Waals surface area contributed by atoms with E-state index in [1.165, 1.54) is 154 Å². The number of nitrogen functional groups attached to an aromatic ring is 1. The summed E-state index contributed by atoms with van der Waals surface area (Å²) in [6.45, 7) is 31.3. The summed E-state index contributed by atoms with van der Waals surface area (Å²) in [6, 6.07) is 20.3. The second-order valence-electron chi connectivity index (χ2n) is 30.8. The molecule has 108 heavy (non-hydrogen) atoms. The van der Waals surface area contributed by atoms with Gasteiger partial charge in [-0.05, 0) is 96.9 Å². The van der Waals surface area contributed by atoms with E-state index in [0.717, 1.165) is 156 Å². The molecule has 0 aliphatic heterocycles. The normalized spacial score (nSPS) is 12.8. The van der Waals surface area contributed by atoms with Gasteiger partial charge in [-0.15, -0.1) is 0 Å². The van der Waals surface area contributed by atoms with E-state index in [0.29, 0.717) is 82.3 Å². The van der Waals surface area contributed by atoms with Crippen LogP contribution in [-0.2, 0) is 0 Å². The minimum Gasteiger partial charge on any atom is -0.493 e. The fourth-order valence-corrected chi connectivity index (χ4v) is 12.4. The largest absolute Gasteiger partial charge is 0.493 e. The Kier molecular flexibility index (Phi) is 48.2. The van der Waals surface area contributed by atoms with Crippen molar-refractivity contribution in [2.45, 2.75) is 314 Å². The molecule has 2 amide bonds. The first kappa shape index (κ1) is 91.4. The molecule has 0 saturated carbocycles. The van der Waals surface area contributed by atoms with Crippen LogP contribution in [0.5, 0.6) is 40.2 Å². The van der Waals surface area contributed by atoms with Crippen molar-refractivity contribution in [3.63, 3.8) is 0 Å². The predicted octanol–water partition coefficient (Wildman–Crippen LogP) is 27.2. The summed E-state index contributed by atoms with van der Waals surface area (Å²) in [5, 5.41) is 5.52. The van der Waals surface area contributed by atoms with Gasteiger partial charge >= 0.3 is 6.03 Å². The predicted molar refractivity (Wildman–Crippen MR) is 460 cm³/mol. The van der Waals surface area contributed by atoms with Gasteiger partial charge in [-0.2, -0.15) is 15.0 Å². The molecule has 4 aromatic carbocycles. The second-order valence-corrected chi connectivity index (χ2v) is 30.8. The number of aromatic nitrogens is 3. The van der Waals surface area contributed by atoms with E-state index in [9.17, 15) is 4.79 Å². The van der Waals surface area contributed by atoms with Crippen LogP contribution in [0.25, 0.3) is 47.8 Å². The van der Waals surface area contributed by atoms with Gasteiger partial charge in [0.1, 0.15) is 23.0 Å². The van der Waals surface area contributed by atoms with Gasteiger partial charge < -0.3 is 44.2 Å². The lowest BCUT2D eigenvalue weighted by molar-refractivity contribution is 0.234. The summed E-state index contributed by atoms with van der Waals surface area (Å²) in [5.74, 6) is 7.03. The Labute approximate surface area is 656 Å². The van der Waals surface area contributed by atoms with Crippen molar-refractivity contribution in [1.29, 1.82) is 0 Å². The number of benzene rings is 4. The lowest BCUT2D eigenvalue weighted by Crippen LogP contribution is -2.30. The van der Waals surface area contributed by atoms with Crippen LogP contribution < -0.4 is 49.5 Å². The molecule has 1 aromatic heterocycles. The van der Waals surface area contributed by atoms with Crippen LogP contribution >= 0.6 is 0 Å². The number of carbonyl (C=O) groups is 1. The maximum Gasteiger partial charge on any atom is 0.321 e. The number of nitrogens with zero attached hydrogens (tertiary/aromatic N) is 3. The topological polar surface area (TPSA) is 170 Å². The number of hydrogen-bond acceptors (Lipinski definition) is 12. The Bertz CT molecular complexity index is 3250. The van der Waals surface area contributed by atoms with Crippen LogP contribution in [0.3, 0.4) is 0 Å². The summed E-state index contributed by atoms with van der Waals surface area (Å²) < 4.78 is 48.1. The molecule has 0 aliphatic rings. The highest BCUT2D eigenvalue weighted by Crippen LogP contribution is 2.42. The molecule has 4 N–H and O–H groups in total. The van der Waals surface area contributed by atoms with Crippen LogP contribution in [0.2, 0.25) is 0 Å². The Morgan fingerprint density at radius 2 is 0.685 bits per heavy atom. The second kappa shape index (κ2) is 56.9. The van der Waals surface area contributed by atoms with Gasteiger partial charge in [0.25, 0.3) is 0 Å². The molecule has 4 atom stereocenters. The molecule has 0 aliphatic carbocycles. The van der Waals surface area contributed by atoms with Crippen molar-refractivity contribution in [3.05, 3.63) is 94.0 Å². The standard InChI is InChI=1S/C94H148N6O8/c1-13-21-25-28-31-34-37-40-43-46-60-102-88-63-78(64-89(103-61-47-44-41-38-35-32-29-26-22-14-2)90(88)104-62-48-45-42-39-36-33-30-27-23-15-3)52-56-81-66-87(108-72-76(12)20-8)83(68-85(81)106-70-74(10)18-6)58-57-82-67-84(105-69-73(9)17-5)80(65-86(82)107-71-75(11)19-7)55-51-77-49-53-79(54-50-77)91-97-92(95)99-93(98-91)100-94(101)96-59-24-16-4/h49-58,63-68,73-76H,13-48,59-62,69-72H2,1-12H3,(H4,95,96,97,98,99,100,101)/b55-51+,56-52+,58-57+/t73-,74-,75-,76-/m0/s1. The third kappa shape index (κ3) is 37.9. The molecule has 0 unspecified atom stereocenters. The summed E-state index contributed by atoms with van der Waals surface area (Å²) in [7, 11) is 0. The van der Waals surface area contributed by atoms with E-state index >= 15 is 0 Å². The number of amides is 2. The number of ether oxygens (including phenoxy) is 7. The van der Waals surface area contributed by atoms with Crippen molar-refractivity contribution >= 4 is 54.4 Å². The molecule has 14 nitrogen and oxygen atoms in total. The molecule has 602 valence electrons. The van der Waals surface area contributed by atoms with E-state index in [4.69, 9.17) is 38.9 Å². The van der Waals surface area contributed by atoms with Crippen molar-refractivity contribution in [3.8, 4) is 51.6 Å². The molecular formula is C94H148N6O8. The number of rotatable bonds is 63. The minimum absolute atomic E-state index is 0.0107. The zero-order valence-corrected chi connectivity index (χ0v) is 69.8. The highest BCUT2D eigenvalue weighted by molar-refractivity contribution is 5.88. The van der Waals surface area contributed by atoms with Crippen molar-refractivity contribution < 1.29 is 38.0 Å². The number of urea groups is 1. The SMILES string of the molecule is CCCCCCCCCCCCOc1cc(/C=C/c2cc(OC[C@@H](C)CC)c(/C=C/c3cc(OC[C@@H](C)CC)c(/C=C/c4ccc(-c5nc(N)nc(NC(=O)NCCCC)n5)cc4)cc3OC[C@@H](C)CC)cc2OC[C@@H](C)CC)cc(OCCCCCCCCCCCC)c1OCCCCCCCCCCCC. The molecular weight excluding hydrogens is 1340 g/mol. The van der Waals surface area contributed by atoms with Gasteiger partial charge in [-0.3, -0.25) is 5.32 Å². The Morgan fingerprint density at radius 3 is 1.04 bits per heavy atom. The van der Waals surface area contributed by atoms with Crippen LogP contribution in [0.1, 0.15) is 348 Å². The smallest absolute Gasteiger partial charge is 0.321 e. The molecule has 0 radical (unpaired) electrons. The van der Waals surface area contributed by atoms with Crippen LogP contribution in [0, 0.1) is 23.7 Å². The maximum atomic E-state index is 12.6. The first-order chi connectivity index (χ1) is 52.7. The first-order valence-electron chi connectivity index (χ1n) is 43.4. The number of hydrogen-bond donors (Lipinski definition) is 3. The molecule has 14 heteroatoms. The van der Waals surface area contributed by atoms with E-state index in [2.05, 4.69) is 182 Å². The Balaban J connectivity index is 1.57. The number of unbranched alkanes of at least 4 members (excludes halogenated alkanes) is 28. The summed E-state index contributed by atoms with van der Waals surface area (Å²) in [4.78, 5) is 25.6. The van der Waals surface area contributed by atoms with Gasteiger partial charge in [-0.1, -0.05) is 349 Å². The fourth-order valence-electron chi connectivity index (χ4n) is 12.4. The maximum absolute atomic E-state index is 12.6. The summed E-state index contributed by atoms with van der Waals surface area (Å²) in [5.41, 5.74) is 12.3. The van der Waals surface area contributed by atoms with Gasteiger partial charge in [0.05, 0.1) is 46.2 Å². The monoisotopic (exact) mass is 1490 g/mol. The lowest BCUT2D eigenvalue weighted by atomic mass is 10.0. The van der Waals surface area contributed by atoms with Crippen LogP contribution in [0.4, 0.5) is 16.7 Å². The van der Waals surface area contributed by atoms with Crippen LogP contribution in [-0.4, -0.2) is 73.8 Å². The number of carbonyl (C=O) groups excluding carboxylic acids is 1. The number of nitrogens with one attached hydrogen (secondary N) is 2. The minimum atomic E-state index is -0.394. The van der Waals surface area contributed by atoms with Crippen molar-refractivity contribution in [1.82, 2.24) is 20.3 Å². The van der Waals surface area contributed by atoms with Crippen molar-refractivity contribution in [2.24, 2.45) is 23.7 Å². The Hall–Kier alpha value is -7.22. The number of nitrogens with two attached hydrogens (primary N) is 1. The van der Waals surface area contributed by atoms with Gasteiger partial charge in [0.2, 0.25) is 17.6 Å². The molecule has 1 heterocycles. The quantitative estimate of drug-likeness (QED) is 0.0249. The third-order valence-corrected chi connectivity index (χ3v) is 20.7. The zero-order valence-electron chi connectivity index (χ0n) is 69.8. The highest BCUT2D eigenvalue weighted by Gasteiger charge is 2.20. The fraction of sp³-hybridized carbons (Fsp3) is 0.638. The summed E-state index contributed by atoms with van der Waals surface area (Å²) in [6.07, 6.45) is 56.6. The molecule has 5 aromatic rings. The van der Waals surface area contributed by atoms with Crippen LogP contribution in [0.15, 0.2) is 60.7 Å². The van der Waals surface area contributed by atoms with E-state index < -0.39 is 6.03 Å². The molecule has 0 fully saturated rings. The summed E-state index contributed by atoms with van der Waals surface area (Å²) >= 11 is 0. The van der Waals surface area contributed by atoms with E-state index in [1.807, 2.05) is 24.3 Å². The highest BCUT2D eigenvalue weighted by atomic mass is 16.5. The van der Waals surface area contributed by atoms with Gasteiger partial charge in [0, 0.05) is 34.4 Å². The van der Waals surface area contributed by atoms with E-state index in [1.54, 1.807) is 0 Å². The molecule has 5 rings (SSSR count). The van der Waals surface area contributed by atoms with Crippen molar-refractivity contribution in [2.75, 3.05) is 63.8 Å². The zero-order chi connectivity index (χ0) is 77.6. The van der Waals surface area contributed by atoms with Gasteiger partial charge in [-0.25, -0.2) is 4.79 Å². The molecule has 0 saturated heterocycles. The average molecular weight is 1490 g/mol. The lowest BCUT2D eigenvalue weighted by Gasteiger charge is -2.19. The van der Waals surface area contributed by atoms with Gasteiger partial charge in [0.15, 0.2) is 17.3 Å². The molecule has 0 spiro atoms. The Morgan fingerprint density at radius 1 is 0.361 bits per heavy atom.